The first kappa shape index (κ1) is 17.6. The molecular weight excluding hydrogens is 273 g/mol. The van der Waals surface area contributed by atoms with Crippen LogP contribution in [-0.4, -0.2) is 48.6 Å². The van der Waals surface area contributed by atoms with Gasteiger partial charge in [0, 0.05) is 12.6 Å². The number of carbonyl (C=O) groups is 1. The van der Waals surface area contributed by atoms with Crippen molar-refractivity contribution in [3.8, 4) is 5.75 Å². The highest BCUT2D eigenvalue weighted by Gasteiger charge is 2.21. The predicted octanol–water partition coefficient (Wildman–Crippen LogP) is 2.50. The molecule has 0 aliphatic rings. The smallest absolute Gasteiger partial charge is 0.180 e. The van der Waals surface area contributed by atoms with Gasteiger partial charge in [-0.3, -0.25) is 9.69 Å². The molecular formula is C16H24FNO3. The number of rotatable bonds is 9. The molecule has 0 unspecified atom stereocenters. The van der Waals surface area contributed by atoms with Crippen LogP contribution in [0, 0.1) is 5.82 Å². The number of ether oxygens (including phenoxy) is 1. The second-order valence-electron chi connectivity index (χ2n) is 4.93. The molecule has 5 heteroatoms. The molecule has 1 aromatic rings. The van der Waals surface area contributed by atoms with Crippen molar-refractivity contribution in [1.29, 1.82) is 0 Å². The lowest BCUT2D eigenvalue weighted by atomic mass is 10.1. The van der Waals surface area contributed by atoms with E-state index < -0.39 is 5.82 Å². The van der Waals surface area contributed by atoms with Crippen LogP contribution in [0.2, 0.25) is 0 Å². The van der Waals surface area contributed by atoms with E-state index in [1.807, 2.05) is 18.7 Å². The Balaban J connectivity index is 2.93. The van der Waals surface area contributed by atoms with Gasteiger partial charge in [0.15, 0.2) is 5.78 Å². The van der Waals surface area contributed by atoms with Crippen LogP contribution in [0.4, 0.5) is 4.39 Å². The number of carbonyl (C=O) groups excluding carboxylic acids is 1. The van der Waals surface area contributed by atoms with Gasteiger partial charge < -0.3 is 9.84 Å². The second-order valence-corrected chi connectivity index (χ2v) is 4.93. The van der Waals surface area contributed by atoms with Gasteiger partial charge in [-0.1, -0.05) is 13.8 Å². The molecule has 4 nitrogen and oxygen atoms in total. The zero-order valence-corrected chi connectivity index (χ0v) is 12.9. The van der Waals surface area contributed by atoms with Crippen molar-refractivity contribution in [3.05, 3.63) is 29.6 Å². The van der Waals surface area contributed by atoms with E-state index in [2.05, 4.69) is 0 Å². The van der Waals surface area contributed by atoms with Crippen LogP contribution in [-0.2, 0) is 0 Å². The van der Waals surface area contributed by atoms with Crippen molar-refractivity contribution in [3.63, 3.8) is 0 Å². The molecule has 0 bridgehead atoms. The van der Waals surface area contributed by atoms with Gasteiger partial charge in [-0.25, -0.2) is 4.39 Å². The van der Waals surface area contributed by atoms with E-state index in [4.69, 9.17) is 9.84 Å². The lowest BCUT2D eigenvalue weighted by Gasteiger charge is -2.29. The normalized spacial score (nSPS) is 11.2. The minimum Gasteiger partial charge on any atom is -0.496 e. The number of aliphatic hydroxyl groups excluding tert-OH is 1. The highest BCUT2D eigenvalue weighted by molar-refractivity contribution is 6.00. The molecule has 0 spiro atoms. The van der Waals surface area contributed by atoms with Crippen molar-refractivity contribution >= 4 is 5.78 Å². The molecule has 118 valence electrons. The number of hydrogen-bond acceptors (Lipinski definition) is 4. The van der Waals surface area contributed by atoms with Crippen molar-refractivity contribution in [2.24, 2.45) is 0 Å². The highest BCUT2D eigenvalue weighted by atomic mass is 19.1. The van der Waals surface area contributed by atoms with Crippen LogP contribution in [0.15, 0.2) is 18.2 Å². The number of halogens is 1. The number of ketones is 1. The predicted molar refractivity (Wildman–Crippen MR) is 80.3 cm³/mol. The molecule has 0 fully saturated rings. The van der Waals surface area contributed by atoms with Crippen LogP contribution in [0.1, 0.15) is 37.0 Å². The third-order valence-electron chi connectivity index (χ3n) is 3.65. The number of Topliss-reactive ketones (excluding diaryl/α,β-unsaturated/α-hetero) is 1. The maximum atomic E-state index is 13.4. The van der Waals surface area contributed by atoms with Gasteiger partial charge in [0.25, 0.3) is 0 Å². The van der Waals surface area contributed by atoms with Crippen molar-refractivity contribution in [2.45, 2.75) is 32.7 Å². The van der Waals surface area contributed by atoms with E-state index >= 15 is 0 Å². The Morgan fingerprint density at radius 3 is 2.57 bits per heavy atom. The van der Waals surface area contributed by atoms with Crippen molar-refractivity contribution < 1.29 is 19.0 Å². The van der Waals surface area contributed by atoms with Crippen LogP contribution < -0.4 is 4.74 Å². The average Bonchev–Trinajstić information content (AvgIpc) is 2.48. The lowest BCUT2D eigenvalue weighted by Crippen LogP contribution is -2.40. The first-order chi connectivity index (χ1) is 10.1. The van der Waals surface area contributed by atoms with Gasteiger partial charge in [0.2, 0.25) is 0 Å². The summed E-state index contributed by atoms with van der Waals surface area (Å²) in [5.74, 6) is -0.294. The summed E-state index contributed by atoms with van der Waals surface area (Å²) in [4.78, 5) is 14.4. The number of methoxy groups -OCH3 is 1. The maximum absolute atomic E-state index is 13.4. The molecule has 0 amide bonds. The SMILES string of the molecule is CCC(CC)N(CCO)CC(=O)c1cc(F)ccc1OC. The molecule has 0 saturated carbocycles. The monoisotopic (exact) mass is 297 g/mol. The van der Waals surface area contributed by atoms with Gasteiger partial charge >= 0.3 is 0 Å². The van der Waals surface area contributed by atoms with E-state index in [9.17, 15) is 9.18 Å². The third-order valence-corrected chi connectivity index (χ3v) is 3.65. The summed E-state index contributed by atoms with van der Waals surface area (Å²) in [5.41, 5.74) is 0.242. The van der Waals surface area contributed by atoms with E-state index in [1.165, 1.54) is 25.3 Å². The Bertz CT molecular complexity index is 461. The van der Waals surface area contributed by atoms with Crippen LogP contribution >= 0.6 is 0 Å². The number of hydrogen-bond donors (Lipinski definition) is 1. The fourth-order valence-corrected chi connectivity index (χ4v) is 2.49. The molecule has 1 N–H and O–H groups in total. The van der Waals surface area contributed by atoms with Gasteiger partial charge in [0.05, 0.1) is 25.8 Å². The molecule has 0 saturated heterocycles. The summed E-state index contributed by atoms with van der Waals surface area (Å²) in [6.07, 6.45) is 1.79. The maximum Gasteiger partial charge on any atom is 0.180 e. The Morgan fingerprint density at radius 1 is 1.38 bits per heavy atom. The largest absolute Gasteiger partial charge is 0.496 e. The van der Waals surface area contributed by atoms with Crippen LogP contribution in [0.5, 0.6) is 5.75 Å². The zero-order valence-electron chi connectivity index (χ0n) is 12.9. The fourth-order valence-electron chi connectivity index (χ4n) is 2.49. The molecule has 0 aromatic heterocycles. The van der Waals surface area contributed by atoms with Crippen LogP contribution in [0.3, 0.4) is 0 Å². The average molecular weight is 297 g/mol. The Kier molecular flexibility index (Phi) is 7.32. The Labute approximate surface area is 125 Å². The number of benzene rings is 1. The molecule has 0 heterocycles. The highest BCUT2D eigenvalue weighted by Crippen LogP contribution is 2.21. The molecule has 0 aliphatic carbocycles. The fraction of sp³-hybridized carbons (Fsp3) is 0.562. The van der Waals surface area contributed by atoms with E-state index in [-0.39, 0.29) is 30.5 Å². The van der Waals surface area contributed by atoms with Gasteiger partial charge in [-0.05, 0) is 31.0 Å². The standard InChI is InChI=1S/C16H24FNO3/c1-4-13(5-2)18(8-9-19)11-15(20)14-10-12(17)6-7-16(14)21-3/h6-7,10,13,19H,4-5,8-9,11H2,1-3H3. The van der Waals surface area contributed by atoms with Gasteiger partial charge in [-0.2, -0.15) is 0 Å². The van der Waals surface area contributed by atoms with E-state index in [0.717, 1.165) is 12.8 Å². The molecule has 1 aromatic carbocycles. The quantitative estimate of drug-likeness (QED) is 0.712. The summed E-state index contributed by atoms with van der Waals surface area (Å²) in [5, 5.41) is 9.17. The Hall–Kier alpha value is -1.46. The van der Waals surface area contributed by atoms with Crippen molar-refractivity contribution in [1.82, 2.24) is 4.90 Å². The summed E-state index contributed by atoms with van der Waals surface area (Å²) in [7, 11) is 1.45. The van der Waals surface area contributed by atoms with Gasteiger partial charge in [0.1, 0.15) is 11.6 Å². The molecule has 21 heavy (non-hydrogen) atoms. The minimum absolute atomic E-state index is 0.00986. The molecule has 1 rings (SSSR count). The second kappa shape index (κ2) is 8.74. The van der Waals surface area contributed by atoms with E-state index in [0.29, 0.717) is 12.3 Å². The zero-order chi connectivity index (χ0) is 15.8. The first-order valence-corrected chi connectivity index (χ1v) is 7.28. The number of nitrogens with zero attached hydrogens (tertiary/aromatic N) is 1. The topological polar surface area (TPSA) is 49.8 Å². The third kappa shape index (κ3) is 4.79. The molecule has 0 atom stereocenters. The molecule has 0 radical (unpaired) electrons. The van der Waals surface area contributed by atoms with Crippen LogP contribution in [0.25, 0.3) is 0 Å². The summed E-state index contributed by atoms with van der Waals surface area (Å²) in [6, 6.07) is 4.14. The van der Waals surface area contributed by atoms with E-state index in [1.54, 1.807) is 0 Å². The summed E-state index contributed by atoms with van der Waals surface area (Å²) in [6.45, 7) is 4.66. The lowest BCUT2D eigenvalue weighted by molar-refractivity contribution is 0.0847. The molecule has 0 aliphatic heterocycles. The first-order valence-electron chi connectivity index (χ1n) is 7.28. The number of aliphatic hydroxyl groups is 1. The van der Waals surface area contributed by atoms with Crippen molar-refractivity contribution in [2.75, 3.05) is 26.8 Å². The minimum atomic E-state index is -0.463. The van der Waals surface area contributed by atoms with Gasteiger partial charge in [-0.15, -0.1) is 0 Å². The summed E-state index contributed by atoms with van der Waals surface area (Å²) < 4.78 is 18.5. The summed E-state index contributed by atoms with van der Waals surface area (Å²) >= 11 is 0. The Morgan fingerprint density at radius 2 is 2.05 bits per heavy atom.